The summed E-state index contributed by atoms with van der Waals surface area (Å²) >= 11 is 6.40. The summed E-state index contributed by atoms with van der Waals surface area (Å²) in [5, 5.41) is 3.57. The van der Waals surface area contributed by atoms with Gasteiger partial charge in [-0.3, -0.25) is 9.36 Å². The topological polar surface area (TPSA) is 86.6 Å². The molecule has 0 atom stereocenters. The van der Waals surface area contributed by atoms with Crippen molar-refractivity contribution in [2.24, 2.45) is 0 Å². The van der Waals surface area contributed by atoms with E-state index in [0.29, 0.717) is 21.8 Å². The minimum Gasteiger partial charge on any atom is -0.355 e. The number of hydrogen-bond acceptors (Lipinski definition) is 3. The highest BCUT2D eigenvalue weighted by Gasteiger charge is 2.15. The van der Waals surface area contributed by atoms with Gasteiger partial charge in [0.1, 0.15) is 0 Å². The van der Waals surface area contributed by atoms with Gasteiger partial charge in [0.15, 0.2) is 5.78 Å². The van der Waals surface area contributed by atoms with Gasteiger partial charge in [-0.1, -0.05) is 66.2 Å². The molecule has 0 bridgehead atoms. The van der Waals surface area contributed by atoms with E-state index in [2.05, 4.69) is 5.32 Å². The van der Waals surface area contributed by atoms with Crippen LogP contribution in [-0.4, -0.2) is 21.7 Å². The highest BCUT2D eigenvalue weighted by molar-refractivity contribution is 7.51. The van der Waals surface area contributed by atoms with Crippen molar-refractivity contribution in [3.8, 4) is 0 Å². The average Bonchev–Trinajstić information content (AvgIpc) is 2.68. The van der Waals surface area contributed by atoms with Crippen molar-refractivity contribution < 1.29 is 19.1 Å². The first kappa shape index (κ1) is 22.0. The van der Waals surface area contributed by atoms with E-state index in [9.17, 15) is 9.36 Å². The van der Waals surface area contributed by atoms with E-state index < -0.39 is 7.60 Å². The molecule has 0 aliphatic carbocycles. The standard InChI is InChI=1S/C23H21ClNO4P/c1-16-7-2-4-10-19(16)23(26)20-13-12-18(15-21(20)24)25-22-11-5-3-8-17(22)9-6-14-30(27,28)29/h2-13,15,25H,14H2,1H3,(H2,27,28,29). The largest absolute Gasteiger partial charge is 0.355 e. The third-order valence-corrected chi connectivity index (χ3v) is 5.48. The van der Waals surface area contributed by atoms with Gasteiger partial charge in [0, 0.05) is 22.5 Å². The van der Waals surface area contributed by atoms with Crippen LogP contribution < -0.4 is 5.32 Å². The summed E-state index contributed by atoms with van der Waals surface area (Å²) in [6, 6.07) is 19.9. The molecule has 0 radical (unpaired) electrons. The minimum atomic E-state index is -4.09. The van der Waals surface area contributed by atoms with Crippen molar-refractivity contribution in [3.05, 3.63) is 100 Å². The summed E-state index contributed by atoms with van der Waals surface area (Å²) in [5.74, 6) is -0.134. The number of allylic oxidation sites excluding steroid dienone is 1. The van der Waals surface area contributed by atoms with Crippen molar-refractivity contribution in [2.45, 2.75) is 6.92 Å². The molecule has 3 rings (SSSR count). The second-order valence-corrected chi connectivity index (χ2v) is 8.90. The fourth-order valence-electron chi connectivity index (χ4n) is 2.98. The number of hydrogen-bond donors (Lipinski definition) is 3. The Labute approximate surface area is 180 Å². The molecule has 3 aromatic rings. The summed E-state index contributed by atoms with van der Waals surface area (Å²) in [6.07, 6.45) is 2.76. The minimum absolute atomic E-state index is 0.134. The molecule has 0 aliphatic heterocycles. The molecule has 0 amide bonds. The fourth-order valence-corrected chi connectivity index (χ4v) is 3.62. The molecule has 3 N–H and O–H groups in total. The lowest BCUT2D eigenvalue weighted by molar-refractivity contribution is 0.103. The zero-order valence-electron chi connectivity index (χ0n) is 16.2. The number of halogens is 1. The molecule has 3 aromatic carbocycles. The van der Waals surface area contributed by atoms with E-state index in [0.717, 1.165) is 16.8 Å². The van der Waals surface area contributed by atoms with Crippen LogP contribution in [-0.2, 0) is 4.57 Å². The maximum absolute atomic E-state index is 12.8. The average molecular weight is 442 g/mol. The van der Waals surface area contributed by atoms with Gasteiger partial charge in [-0.05, 0) is 42.3 Å². The van der Waals surface area contributed by atoms with Crippen LogP contribution >= 0.6 is 19.2 Å². The third kappa shape index (κ3) is 5.68. The van der Waals surface area contributed by atoms with Crippen molar-refractivity contribution in [1.82, 2.24) is 0 Å². The van der Waals surface area contributed by atoms with E-state index in [4.69, 9.17) is 21.4 Å². The predicted octanol–water partition coefficient (Wildman–Crippen LogP) is 5.81. The third-order valence-electron chi connectivity index (χ3n) is 4.48. The number of nitrogens with one attached hydrogen (secondary N) is 1. The highest BCUT2D eigenvalue weighted by Crippen LogP contribution is 2.34. The lowest BCUT2D eigenvalue weighted by atomic mass is 9.99. The number of anilines is 2. The number of para-hydroxylation sites is 1. The Morgan fingerprint density at radius 3 is 2.43 bits per heavy atom. The van der Waals surface area contributed by atoms with Crippen molar-refractivity contribution in [1.29, 1.82) is 0 Å². The van der Waals surface area contributed by atoms with Crippen LogP contribution in [0.3, 0.4) is 0 Å². The molecule has 154 valence electrons. The van der Waals surface area contributed by atoms with Crippen LogP contribution in [0.5, 0.6) is 0 Å². The molecule has 0 aromatic heterocycles. The van der Waals surface area contributed by atoms with Gasteiger partial charge in [0.05, 0.1) is 11.2 Å². The molecule has 0 saturated carbocycles. The summed E-state index contributed by atoms with van der Waals surface area (Å²) in [6.45, 7) is 1.88. The van der Waals surface area contributed by atoms with E-state index >= 15 is 0 Å². The zero-order chi connectivity index (χ0) is 21.7. The molecule has 0 saturated heterocycles. The Kier molecular flexibility index (Phi) is 6.91. The molecule has 7 heteroatoms. The van der Waals surface area contributed by atoms with Gasteiger partial charge < -0.3 is 15.1 Å². The SMILES string of the molecule is Cc1ccccc1C(=O)c1ccc(Nc2ccccc2C=CCP(=O)(O)O)cc1Cl. The smallest absolute Gasteiger partial charge is 0.329 e. The van der Waals surface area contributed by atoms with Gasteiger partial charge in [-0.15, -0.1) is 0 Å². The van der Waals surface area contributed by atoms with E-state index in [1.165, 1.54) is 6.08 Å². The van der Waals surface area contributed by atoms with Crippen LogP contribution in [0.25, 0.3) is 6.08 Å². The van der Waals surface area contributed by atoms with Crippen LogP contribution in [0.4, 0.5) is 11.4 Å². The monoisotopic (exact) mass is 441 g/mol. The number of aryl methyl sites for hydroxylation is 1. The van der Waals surface area contributed by atoms with Gasteiger partial charge in [-0.2, -0.15) is 0 Å². The normalized spacial score (nSPS) is 11.6. The van der Waals surface area contributed by atoms with Crippen LogP contribution in [0.2, 0.25) is 5.02 Å². The molecule has 0 spiro atoms. The van der Waals surface area contributed by atoms with Crippen molar-refractivity contribution in [2.75, 3.05) is 11.5 Å². The molecule has 0 heterocycles. The van der Waals surface area contributed by atoms with E-state index in [-0.39, 0.29) is 11.9 Å². The number of ketones is 1. The van der Waals surface area contributed by atoms with Gasteiger partial charge in [0.25, 0.3) is 0 Å². The Bertz CT molecular complexity index is 1150. The van der Waals surface area contributed by atoms with Crippen LogP contribution in [0, 0.1) is 6.92 Å². The van der Waals surface area contributed by atoms with Gasteiger partial charge >= 0.3 is 7.60 Å². The number of carbonyl (C=O) groups excluding carboxylic acids is 1. The van der Waals surface area contributed by atoms with Gasteiger partial charge in [0.2, 0.25) is 0 Å². The maximum atomic E-state index is 12.8. The lowest BCUT2D eigenvalue weighted by Crippen LogP contribution is -2.05. The molecular weight excluding hydrogens is 421 g/mol. The zero-order valence-corrected chi connectivity index (χ0v) is 17.9. The molecule has 0 fully saturated rings. The molecule has 0 aliphatic rings. The maximum Gasteiger partial charge on any atom is 0.329 e. The first-order chi connectivity index (χ1) is 14.2. The molecule has 5 nitrogen and oxygen atoms in total. The molecular formula is C23H21ClNO4P. The van der Waals surface area contributed by atoms with Crippen LogP contribution in [0.1, 0.15) is 27.0 Å². The quantitative estimate of drug-likeness (QED) is 0.318. The Morgan fingerprint density at radius 2 is 1.73 bits per heavy atom. The summed E-state index contributed by atoms with van der Waals surface area (Å²) < 4.78 is 11.0. The Balaban J connectivity index is 1.83. The van der Waals surface area contributed by atoms with Crippen LogP contribution in [0.15, 0.2) is 72.8 Å². The number of carbonyl (C=O) groups is 1. The fraction of sp³-hybridized carbons (Fsp3) is 0.0870. The summed E-state index contributed by atoms with van der Waals surface area (Å²) in [5.41, 5.74) is 4.12. The highest BCUT2D eigenvalue weighted by atomic mass is 35.5. The van der Waals surface area contributed by atoms with Crippen molar-refractivity contribution in [3.63, 3.8) is 0 Å². The predicted molar refractivity (Wildman–Crippen MR) is 122 cm³/mol. The second kappa shape index (κ2) is 9.41. The summed E-state index contributed by atoms with van der Waals surface area (Å²) in [7, 11) is -4.09. The number of rotatable bonds is 7. The van der Waals surface area contributed by atoms with E-state index in [1.54, 1.807) is 30.3 Å². The first-order valence-electron chi connectivity index (χ1n) is 9.21. The Morgan fingerprint density at radius 1 is 1.03 bits per heavy atom. The summed E-state index contributed by atoms with van der Waals surface area (Å²) in [4.78, 5) is 30.8. The van der Waals surface area contributed by atoms with Crippen molar-refractivity contribution >= 4 is 42.4 Å². The number of benzene rings is 3. The second-order valence-electron chi connectivity index (χ2n) is 6.80. The molecule has 0 unspecified atom stereocenters. The first-order valence-corrected chi connectivity index (χ1v) is 11.4. The van der Waals surface area contributed by atoms with Gasteiger partial charge in [-0.25, -0.2) is 0 Å². The van der Waals surface area contributed by atoms with E-state index in [1.807, 2.05) is 49.4 Å². The lowest BCUT2D eigenvalue weighted by Gasteiger charge is -2.12. The Hall–Kier alpha value is -2.69. The molecule has 30 heavy (non-hydrogen) atoms.